The molecule has 0 spiro atoms. The van der Waals surface area contributed by atoms with Crippen LogP contribution in [0, 0.1) is 29.6 Å². The zero-order valence-corrected chi connectivity index (χ0v) is 41.0. The average Bonchev–Trinajstić information content (AvgIpc) is 3.30. The van der Waals surface area contributed by atoms with Gasteiger partial charge in [0.05, 0.1) is 37.6 Å². The second kappa shape index (κ2) is 25.1. The molecule has 0 aromatic rings. The van der Waals surface area contributed by atoms with Crippen LogP contribution < -0.4 is 5.32 Å². The highest BCUT2D eigenvalue weighted by molar-refractivity contribution is 6.39. The lowest BCUT2D eigenvalue weighted by Crippen LogP contribution is -2.64. The Labute approximate surface area is 388 Å². The van der Waals surface area contributed by atoms with E-state index >= 15 is 0 Å². The van der Waals surface area contributed by atoms with Gasteiger partial charge in [-0.1, -0.05) is 45.4 Å². The first-order chi connectivity index (χ1) is 31.0. The van der Waals surface area contributed by atoms with E-state index in [1.165, 1.54) is 4.90 Å². The number of hydrogen-bond donors (Lipinski definition) is 3. The van der Waals surface area contributed by atoms with Crippen molar-refractivity contribution in [2.45, 2.75) is 173 Å². The summed E-state index contributed by atoms with van der Waals surface area (Å²) in [4.78, 5) is 60.9. The third-order valence-corrected chi connectivity index (χ3v) is 15.1. The number of fused-ring (bicyclic) bond motifs is 3. The van der Waals surface area contributed by atoms with E-state index in [9.17, 15) is 29.4 Å². The van der Waals surface area contributed by atoms with Crippen molar-refractivity contribution in [3.05, 3.63) is 23.3 Å². The lowest BCUT2D eigenvalue weighted by atomic mass is 9.81. The second-order valence-electron chi connectivity index (χ2n) is 20.0. The molecule has 1 amide bonds. The van der Waals surface area contributed by atoms with Crippen molar-refractivity contribution in [3.63, 3.8) is 0 Å². The standard InChI is InChI=1S/C50H83N3O12/c1-10-37-25-31(2)24-32(3)26-43(61-8)46-44(62-9)28-34(5)50(59,65-46)47(56)48(57)53-19-12-11-14-39(53)49(58)64-45(35(6)40(54)30-41(37)55)33(4)27-36-15-16-38(42(29-36)60-7)51-17-13-18-52-20-22-63-23-21-52/h25,27,32,34-40,42-46,51,54,59H,10-24,26,28-30H2,1-9H3/b31-25+,33-27?/t32-,34+,35+,36-,37?,38-,39-,40?,42+,43?,44-,45+,46+,50+/m0/s1. The summed E-state index contributed by atoms with van der Waals surface area (Å²) in [7, 11) is 4.83. The van der Waals surface area contributed by atoms with Crippen molar-refractivity contribution in [3.8, 4) is 0 Å². The van der Waals surface area contributed by atoms with Crippen LogP contribution in [0.5, 0.6) is 0 Å². The molecule has 0 aromatic carbocycles. The summed E-state index contributed by atoms with van der Waals surface area (Å²) in [6.45, 7) is 16.9. The van der Waals surface area contributed by atoms with Gasteiger partial charge in [0, 0.05) is 71.2 Å². The van der Waals surface area contributed by atoms with Crippen LogP contribution in [0.1, 0.15) is 119 Å². The molecule has 15 nitrogen and oxygen atoms in total. The molecule has 1 saturated carbocycles. The van der Waals surface area contributed by atoms with Crippen LogP contribution in [0.15, 0.2) is 23.3 Å². The van der Waals surface area contributed by atoms with E-state index in [0.29, 0.717) is 32.1 Å². The number of nitrogens with zero attached hydrogens (tertiary/aromatic N) is 2. The van der Waals surface area contributed by atoms with Gasteiger partial charge >= 0.3 is 5.97 Å². The molecule has 0 radical (unpaired) electrons. The molecule has 4 heterocycles. The van der Waals surface area contributed by atoms with Crippen molar-refractivity contribution in [2.24, 2.45) is 29.6 Å². The lowest BCUT2D eigenvalue weighted by Gasteiger charge is -2.47. The minimum Gasteiger partial charge on any atom is -0.456 e. The Morgan fingerprint density at radius 1 is 0.923 bits per heavy atom. The van der Waals surface area contributed by atoms with E-state index in [0.717, 1.165) is 76.2 Å². The molecule has 1 aliphatic carbocycles. The van der Waals surface area contributed by atoms with E-state index in [2.05, 4.69) is 23.2 Å². The highest BCUT2D eigenvalue weighted by Gasteiger charge is 2.56. The number of ether oxygens (including phenoxy) is 6. The maximum absolute atomic E-state index is 14.5. The first-order valence-electron chi connectivity index (χ1n) is 24.7. The summed E-state index contributed by atoms with van der Waals surface area (Å²) >= 11 is 0. The van der Waals surface area contributed by atoms with Crippen LogP contribution in [0.2, 0.25) is 0 Å². The number of aliphatic hydroxyl groups excluding tert-OH is 1. The van der Waals surface area contributed by atoms with Crippen LogP contribution in [0.3, 0.4) is 0 Å². The van der Waals surface area contributed by atoms with Crippen molar-refractivity contribution in [1.82, 2.24) is 15.1 Å². The number of Topliss-reactive ketones (excluding diaryl/α,β-unsaturated/α-hetero) is 2. The molecule has 3 N–H and O–H groups in total. The maximum Gasteiger partial charge on any atom is 0.329 e. The van der Waals surface area contributed by atoms with E-state index in [-0.39, 0.29) is 55.6 Å². The van der Waals surface area contributed by atoms with Gasteiger partial charge in [-0.05, 0) is 115 Å². The monoisotopic (exact) mass is 918 g/mol. The number of allylic oxidation sites excluding steroid dienone is 3. The first kappa shape index (κ1) is 53.4. The van der Waals surface area contributed by atoms with Gasteiger partial charge in [-0.3, -0.25) is 19.3 Å². The zero-order valence-electron chi connectivity index (χ0n) is 41.0. The molecule has 0 aromatic heterocycles. The number of esters is 1. The summed E-state index contributed by atoms with van der Waals surface area (Å²) in [5, 5.41) is 27.7. The van der Waals surface area contributed by atoms with Crippen molar-refractivity contribution in [1.29, 1.82) is 0 Å². The number of methoxy groups -OCH3 is 3. The van der Waals surface area contributed by atoms with Crippen LogP contribution >= 0.6 is 0 Å². The fourth-order valence-electron chi connectivity index (χ4n) is 11.1. The molecular weight excluding hydrogens is 835 g/mol. The second-order valence-corrected chi connectivity index (χ2v) is 20.0. The topological polar surface area (TPSA) is 183 Å². The summed E-state index contributed by atoms with van der Waals surface area (Å²) in [5.74, 6) is -7.26. The molecule has 5 aliphatic rings. The number of morpholine rings is 1. The van der Waals surface area contributed by atoms with Gasteiger partial charge in [-0.2, -0.15) is 0 Å². The summed E-state index contributed by atoms with van der Waals surface area (Å²) in [6, 6.07) is -0.916. The van der Waals surface area contributed by atoms with Crippen molar-refractivity contribution >= 4 is 23.4 Å². The third-order valence-electron chi connectivity index (χ3n) is 15.1. The number of carbonyl (C=O) groups excluding carboxylic acids is 4. The Bertz CT molecular complexity index is 1640. The van der Waals surface area contributed by atoms with E-state index in [1.807, 2.05) is 26.8 Å². The van der Waals surface area contributed by atoms with Gasteiger partial charge in [-0.25, -0.2) is 4.79 Å². The average molecular weight is 918 g/mol. The van der Waals surface area contributed by atoms with Gasteiger partial charge in [0.15, 0.2) is 0 Å². The number of piperidine rings is 1. The molecule has 3 saturated heterocycles. The molecular formula is C50H83N3O12. The third kappa shape index (κ3) is 13.8. The van der Waals surface area contributed by atoms with Crippen molar-refractivity contribution < 1.29 is 57.8 Å². The maximum atomic E-state index is 14.5. The van der Waals surface area contributed by atoms with Crippen LogP contribution in [-0.4, -0.2) is 165 Å². The molecule has 2 bridgehead atoms. The summed E-state index contributed by atoms with van der Waals surface area (Å²) in [6.07, 6.45) is 6.72. The molecule has 4 fully saturated rings. The molecule has 3 unspecified atom stereocenters. The summed E-state index contributed by atoms with van der Waals surface area (Å²) in [5.41, 5.74) is 1.74. The quantitative estimate of drug-likeness (QED) is 0.111. The largest absolute Gasteiger partial charge is 0.456 e. The number of carbonyl (C=O) groups is 4. The van der Waals surface area contributed by atoms with Crippen LogP contribution in [-0.2, 0) is 47.6 Å². The first-order valence-corrected chi connectivity index (χ1v) is 24.7. The minimum absolute atomic E-state index is 0.0287. The highest BCUT2D eigenvalue weighted by Crippen LogP contribution is 2.39. The lowest BCUT2D eigenvalue weighted by molar-refractivity contribution is -0.302. The van der Waals surface area contributed by atoms with Crippen LogP contribution in [0.4, 0.5) is 0 Å². The molecule has 4 aliphatic heterocycles. The number of aliphatic hydroxyl groups is 2. The fourth-order valence-corrected chi connectivity index (χ4v) is 11.1. The van der Waals surface area contributed by atoms with Gasteiger partial charge in [0.1, 0.15) is 24.0 Å². The molecule has 65 heavy (non-hydrogen) atoms. The molecule has 5 rings (SSSR count). The fraction of sp³-hybridized carbons (Fsp3) is 0.840. The number of hydrogen-bond acceptors (Lipinski definition) is 14. The highest BCUT2D eigenvalue weighted by atomic mass is 16.7. The predicted molar refractivity (Wildman–Crippen MR) is 246 cm³/mol. The number of rotatable bonds is 11. The van der Waals surface area contributed by atoms with Crippen molar-refractivity contribution in [2.75, 3.05) is 67.3 Å². The Morgan fingerprint density at radius 3 is 2.29 bits per heavy atom. The van der Waals surface area contributed by atoms with E-state index in [4.69, 9.17) is 28.4 Å². The molecule has 370 valence electrons. The number of ketones is 2. The number of cyclic esters (lactones) is 1. The molecule has 15 heteroatoms. The van der Waals surface area contributed by atoms with Gasteiger partial charge in [0.2, 0.25) is 5.79 Å². The van der Waals surface area contributed by atoms with Gasteiger partial charge in [-0.15, -0.1) is 0 Å². The Balaban J connectivity index is 1.42. The summed E-state index contributed by atoms with van der Waals surface area (Å²) < 4.78 is 36.0. The van der Waals surface area contributed by atoms with Gasteiger partial charge < -0.3 is 48.9 Å². The predicted octanol–water partition coefficient (Wildman–Crippen LogP) is 4.79. The van der Waals surface area contributed by atoms with Gasteiger partial charge in [0.25, 0.3) is 11.7 Å². The Hall–Kier alpha value is -2.60. The number of nitrogens with one attached hydrogen (secondary N) is 1. The SMILES string of the molecule is CCC1/C=C(\C)C[C@H](C)CC(OC)[C@H]2O[C@@](O)(C(=O)C(=O)N3CCCC[C@H]3C(=O)O[C@H](C(C)=C[C@@H]3CC[C@H](NCCCN4CCOCC4)[C@H](OC)C3)[C@H](C)C(O)CC1=O)[C@H](C)C[C@@H]2OC. The Morgan fingerprint density at radius 2 is 1.62 bits per heavy atom. The zero-order chi connectivity index (χ0) is 47.4. The molecule has 14 atom stereocenters. The minimum atomic E-state index is -2.50. The normalized spacial score (nSPS) is 39.2. The Kier molecular flexibility index (Phi) is 20.6. The van der Waals surface area contributed by atoms with E-state index < -0.39 is 77.8 Å². The van der Waals surface area contributed by atoms with E-state index in [1.54, 1.807) is 35.2 Å². The van der Waals surface area contributed by atoms with Crippen LogP contribution in [0.25, 0.3) is 0 Å². The smallest absolute Gasteiger partial charge is 0.329 e. The number of amides is 1.